The van der Waals surface area contributed by atoms with E-state index in [4.69, 9.17) is 0 Å². The minimum atomic E-state index is 0.749. The number of pyridine rings is 1. The Kier molecular flexibility index (Phi) is 2.70. The van der Waals surface area contributed by atoms with Gasteiger partial charge >= 0.3 is 0 Å². The molecule has 4 rings (SSSR count). The van der Waals surface area contributed by atoms with Gasteiger partial charge in [0.15, 0.2) is 5.82 Å². The second-order valence-electron chi connectivity index (χ2n) is 5.09. The lowest BCUT2D eigenvalue weighted by atomic mass is 10.0. The number of fused-ring (bicyclic) bond motifs is 2. The maximum Gasteiger partial charge on any atom is 0.178 e. The lowest BCUT2D eigenvalue weighted by Crippen LogP contribution is -1.99. The number of hydrogen-bond donors (Lipinski definition) is 2. The molecule has 0 fully saturated rings. The van der Waals surface area contributed by atoms with Crippen molar-refractivity contribution in [2.45, 2.75) is 19.9 Å². The van der Waals surface area contributed by atoms with Gasteiger partial charge in [-0.25, -0.2) is 0 Å². The molecule has 3 aromatic rings. The third-order valence-electron chi connectivity index (χ3n) is 3.78. The van der Waals surface area contributed by atoms with E-state index in [0.717, 1.165) is 35.5 Å². The monoisotopic (exact) mass is 277 g/mol. The second kappa shape index (κ2) is 4.70. The summed E-state index contributed by atoms with van der Waals surface area (Å²) in [5.41, 5.74) is 6.51. The van der Waals surface area contributed by atoms with Crippen molar-refractivity contribution in [3.63, 3.8) is 0 Å². The lowest BCUT2D eigenvalue weighted by Gasteiger charge is -2.07. The maximum absolute atomic E-state index is 4.56. The molecule has 3 heterocycles. The van der Waals surface area contributed by atoms with E-state index in [-0.39, 0.29) is 0 Å². The first-order valence-corrected chi connectivity index (χ1v) is 7.08. The first-order valence-electron chi connectivity index (χ1n) is 7.08. The molecule has 0 saturated heterocycles. The molecule has 2 N–H and O–H groups in total. The number of benzene rings is 1. The summed E-state index contributed by atoms with van der Waals surface area (Å²) < 4.78 is 0. The van der Waals surface area contributed by atoms with Crippen molar-refractivity contribution in [2.24, 2.45) is 4.99 Å². The first kappa shape index (κ1) is 12.1. The molecule has 104 valence electrons. The Morgan fingerprint density at radius 3 is 3.14 bits per heavy atom. The van der Waals surface area contributed by atoms with Gasteiger partial charge in [-0.05, 0) is 36.2 Å². The van der Waals surface area contributed by atoms with Crippen LogP contribution in [0.5, 0.6) is 0 Å². The zero-order valence-electron chi connectivity index (χ0n) is 11.7. The highest BCUT2D eigenvalue weighted by atomic mass is 15.2. The molecular weight excluding hydrogens is 262 g/mol. The standard InChI is InChI=1S/C16H15N5/c1-2-13-12-8-11(6-5-10(12)9-18-13)19-16-15-14(20-21-16)4-3-7-17-15/h3-8H,2,9H2,1H3,(H2,19,20,21). The van der Waals surface area contributed by atoms with Crippen LogP contribution in [0.2, 0.25) is 0 Å². The summed E-state index contributed by atoms with van der Waals surface area (Å²) in [6.07, 6.45) is 2.73. The number of aromatic amines is 1. The van der Waals surface area contributed by atoms with E-state index in [1.165, 1.54) is 16.8 Å². The quantitative estimate of drug-likeness (QED) is 0.771. The molecular formula is C16H15N5. The van der Waals surface area contributed by atoms with Crippen LogP contribution in [0.4, 0.5) is 11.5 Å². The van der Waals surface area contributed by atoms with Crippen LogP contribution in [0.1, 0.15) is 24.5 Å². The minimum absolute atomic E-state index is 0.749. The molecule has 5 nitrogen and oxygen atoms in total. The van der Waals surface area contributed by atoms with Gasteiger partial charge in [-0.3, -0.25) is 15.1 Å². The average Bonchev–Trinajstić information content (AvgIpc) is 3.11. The molecule has 5 heteroatoms. The molecule has 21 heavy (non-hydrogen) atoms. The third-order valence-corrected chi connectivity index (χ3v) is 3.78. The molecule has 1 aliphatic heterocycles. The van der Waals surface area contributed by atoms with E-state index in [2.05, 4.69) is 50.6 Å². The maximum atomic E-state index is 4.56. The zero-order valence-corrected chi connectivity index (χ0v) is 11.7. The van der Waals surface area contributed by atoms with E-state index in [0.29, 0.717) is 0 Å². The molecule has 0 aliphatic carbocycles. The Labute approximate surface area is 122 Å². The van der Waals surface area contributed by atoms with E-state index in [9.17, 15) is 0 Å². The van der Waals surface area contributed by atoms with Gasteiger partial charge in [0.1, 0.15) is 5.52 Å². The summed E-state index contributed by atoms with van der Waals surface area (Å²) in [6, 6.07) is 10.2. The number of anilines is 2. The summed E-state index contributed by atoms with van der Waals surface area (Å²) in [4.78, 5) is 8.93. The summed E-state index contributed by atoms with van der Waals surface area (Å²) >= 11 is 0. The number of hydrogen-bond acceptors (Lipinski definition) is 4. The summed E-state index contributed by atoms with van der Waals surface area (Å²) in [6.45, 7) is 2.94. The van der Waals surface area contributed by atoms with Crippen LogP contribution in [0.3, 0.4) is 0 Å². The Hall–Kier alpha value is -2.69. The SMILES string of the molecule is CCC1=NCc2ccc(Nc3n[nH]c4cccnc34)cc21. The molecule has 1 aliphatic rings. The largest absolute Gasteiger partial charge is 0.337 e. The van der Waals surface area contributed by atoms with Gasteiger partial charge in [0, 0.05) is 23.2 Å². The van der Waals surface area contributed by atoms with Crippen LogP contribution < -0.4 is 5.32 Å². The average molecular weight is 277 g/mol. The van der Waals surface area contributed by atoms with Crippen molar-refractivity contribution < 1.29 is 0 Å². The highest BCUT2D eigenvalue weighted by molar-refractivity contribution is 6.04. The fourth-order valence-electron chi connectivity index (χ4n) is 2.71. The highest BCUT2D eigenvalue weighted by Crippen LogP contribution is 2.27. The van der Waals surface area contributed by atoms with Crippen molar-refractivity contribution in [2.75, 3.05) is 5.32 Å². The van der Waals surface area contributed by atoms with Crippen LogP contribution in [0, 0.1) is 0 Å². The molecule has 0 unspecified atom stereocenters. The number of aliphatic imine (C=N–C) groups is 1. The summed E-state index contributed by atoms with van der Waals surface area (Å²) in [5.74, 6) is 0.749. The predicted molar refractivity (Wildman–Crippen MR) is 84.1 cm³/mol. The predicted octanol–water partition coefficient (Wildman–Crippen LogP) is 3.41. The van der Waals surface area contributed by atoms with Gasteiger partial charge in [0.25, 0.3) is 0 Å². The van der Waals surface area contributed by atoms with Crippen LogP contribution >= 0.6 is 0 Å². The lowest BCUT2D eigenvalue weighted by molar-refractivity contribution is 1.10. The van der Waals surface area contributed by atoms with E-state index < -0.39 is 0 Å². The van der Waals surface area contributed by atoms with Gasteiger partial charge in [-0.1, -0.05) is 13.0 Å². The summed E-state index contributed by atoms with van der Waals surface area (Å²) in [7, 11) is 0. The van der Waals surface area contributed by atoms with E-state index in [1.807, 2.05) is 12.1 Å². The zero-order chi connectivity index (χ0) is 14.2. The molecule has 0 saturated carbocycles. The number of H-pyrrole nitrogens is 1. The molecule has 2 aromatic heterocycles. The van der Waals surface area contributed by atoms with Crippen molar-refractivity contribution in [1.29, 1.82) is 0 Å². The number of rotatable bonds is 3. The number of aromatic nitrogens is 3. The molecule has 0 amide bonds. The minimum Gasteiger partial charge on any atom is -0.337 e. The molecule has 0 bridgehead atoms. The van der Waals surface area contributed by atoms with Crippen LogP contribution in [0.15, 0.2) is 41.5 Å². The van der Waals surface area contributed by atoms with Gasteiger partial charge in [0.2, 0.25) is 0 Å². The smallest absolute Gasteiger partial charge is 0.178 e. The van der Waals surface area contributed by atoms with Gasteiger partial charge in [0.05, 0.1) is 12.1 Å². The fourth-order valence-corrected chi connectivity index (χ4v) is 2.71. The first-order chi connectivity index (χ1) is 10.3. The molecule has 0 spiro atoms. The molecule has 0 atom stereocenters. The third kappa shape index (κ3) is 1.98. The van der Waals surface area contributed by atoms with Crippen molar-refractivity contribution in [1.82, 2.24) is 15.2 Å². The van der Waals surface area contributed by atoms with Crippen molar-refractivity contribution in [3.8, 4) is 0 Å². The Morgan fingerprint density at radius 2 is 2.24 bits per heavy atom. The van der Waals surface area contributed by atoms with Gasteiger partial charge in [-0.2, -0.15) is 5.10 Å². The van der Waals surface area contributed by atoms with Crippen molar-refractivity contribution in [3.05, 3.63) is 47.7 Å². The van der Waals surface area contributed by atoms with Crippen molar-refractivity contribution >= 4 is 28.3 Å². The molecule has 0 radical (unpaired) electrons. The normalized spacial score (nSPS) is 13.3. The van der Waals surface area contributed by atoms with E-state index >= 15 is 0 Å². The number of nitrogens with zero attached hydrogens (tertiary/aromatic N) is 3. The fraction of sp³-hybridized carbons (Fsp3) is 0.188. The summed E-state index contributed by atoms with van der Waals surface area (Å²) in [5, 5.41) is 10.6. The van der Waals surface area contributed by atoms with E-state index in [1.54, 1.807) is 6.20 Å². The van der Waals surface area contributed by atoms with Gasteiger partial charge < -0.3 is 5.32 Å². The Bertz CT molecular complexity index is 847. The highest BCUT2D eigenvalue weighted by Gasteiger charge is 2.15. The topological polar surface area (TPSA) is 66.0 Å². The number of nitrogens with one attached hydrogen (secondary N) is 2. The molecule has 1 aromatic carbocycles. The Balaban J connectivity index is 1.71. The second-order valence-corrected chi connectivity index (χ2v) is 5.09. The van der Waals surface area contributed by atoms with Crippen LogP contribution in [-0.4, -0.2) is 20.9 Å². The Morgan fingerprint density at radius 1 is 1.29 bits per heavy atom. The van der Waals surface area contributed by atoms with Gasteiger partial charge in [-0.15, -0.1) is 0 Å². The van der Waals surface area contributed by atoms with Crippen LogP contribution in [0.25, 0.3) is 11.0 Å². The van der Waals surface area contributed by atoms with Crippen LogP contribution in [-0.2, 0) is 6.54 Å².